The van der Waals surface area contributed by atoms with E-state index < -0.39 is 0 Å². The van der Waals surface area contributed by atoms with Gasteiger partial charge >= 0.3 is 0 Å². The standard InChI is InChI=1S/C19H27N5O2.ClH/c1-14(2)24(10-7-18(25)23-11-8-20-9-12-23)13-17-21-16-6-4-3-5-15(16)19(26)22-17;/h3-6,14,20H,7-13H2,1-2H3,(H,21,22,26);1H. The molecule has 148 valence electrons. The number of nitrogens with zero attached hydrogens (tertiary/aromatic N) is 3. The van der Waals surface area contributed by atoms with Crippen molar-refractivity contribution in [2.75, 3.05) is 32.7 Å². The van der Waals surface area contributed by atoms with Gasteiger partial charge in [-0.3, -0.25) is 14.5 Å². The summed E-state index contributed by atoms with van der Waals surface area (Å²) in [5.41, 5.74) is 0.582. The molecule has 1 saturated heterocycles. The Labute approximate surface area is 165 Å². The Hall–Kier alpha value is -1.96. The Morgan fingerprint density at radius 1 is 1.26 bits per heavy atom. The predicted octanol–water partition coefficient (Wildman–Crippen LogP) is 1.38. The van der Waals surface area contributed by atoms with Gasteiger partial charge < -0.3 is 15.2 Å². The predicted molar refractivity (Wildman–Crippen MR) is 109 cm³/mol. The van der Waals surface area contributed by atoms with E-state index in [0.29, 0.717) is 36.2 Å². The third-order valence-electron chi connectivity index (χ3n) is 4.83. The van der Waals surface area contributed by atoms with Gasteiger partial charge in [-0.05, 0) is 26.0 Å². The highest BCUT2D eigenvalue weighted by atomic mass is 35.5. The van der Waals surface area contributed by atoms with Gasteiger partial charge in [0.1, 0.15) is 5.82 Å². The maximum atomic E-state index is 12.4. The van der Waals surface area contributed by atoms with Crippen LogP contribution in [0, 0.1) is 0 Å². The molecule has 2 aromatic rings. The number of rotatable bonds is 6. The topological polar surface area (TPSA) is 81.3 Å². The fourth-order valence-electron chi connectivity index (χ4n) is 3.23. The molecule has 0 unspecified atom stereocenters. The first kappa shape index (κ1) is 21.3. The summed E-state index contributed by atoms with van der Waals surface area (Å²) in [6.07, 6.45) is 0.482. The molecule has 2 heterocycles. The lowest BCUT2D eigenvalue weighted by Gasteiger charge is -2.30. The number of nitrogens with one attached hydrogen (secondary N) is 2. The zero-order valence-electron chi connectivity index (χ0n) is 15.9. The van der Waals surface area contributed by atoms with Crippen LogP contribution in [0.2, 0.25) is 0 Å². The van der Waals surface area contributed by atoms with E-state index in [4.69, 9.17) is 0 Å². The number of carbonyl (C=O) groups excluding carboxylic acids is 1. The molecular weight excluding hydrogens is 366 g/mol. The molecule has 0 aliphatic carbocycles. The van der Waals surface area contributed by atoms with Gasteiger partial charge in [0.15, 0.2) is 0 Å². The Kier molecular flexibility index (Phi) is 7.77. The monoisotopic (exact) mass is 393 g/mol. The minimum absolute atomic E-state index is 0. The van der Waals surface area contributed by atoms with E-state index in [1.54, 1.807) is 6.07 Å². The highest BCUT2D eigenvalue weighted by molar-refractivity contribution is 5.85. The number of H-pyrrole nitrogens is 1. The quantitative estimate of drug-likeness (QED) is 0.774. The molecule has 1 aliphatic rings. The number of para-hydroxylation sites is 1. The van der Waals surface area contributed by atoms with Crippen molar-refractivity contribution in [3.05, 3.63) is 40.4 Å². The number of amides is 1. The van der Waals surface area contributed by atoms with Crippen LogP contribution in [0.4, 0.5) is 0 Å². The molecule has 0 radical (unpaired) electrons. The maximum absolute atomic E-state index is 12.4. The van der Waals surface area contributed by atoms with Gasteiger partial charge in [0, 0.05) is 45.2 Å². The molecule has 1 aromatic heterocycles. The van der Waals surface area contributed by atoms with Crippen LogP contribution in [-0.2, 0) is 11.3 Å². The number of carbonyl (C=O) groups is 1. The fourth-order valence-corrected chi connectivity index (χ4v) is 3.23. The number of piperazine rings is 1. The molecule has 1 aromatic carbocycles. The van der Waals surface area contributed by atoms with E-state index in [9.17, 15) is 9.59 Å². The molecule has 0 saturated carbocycles. The number of aromatic amines is 1. The second kappa shape index (κ2) is 9.82. The average molecular weight is 394 g/mol. The summed E-state index contributed by atoms with van der Waals surface area (Å²) >= 11 is 0. The fraction of sp³-hybridized carbons (Fsp3) is 0.526. The summed E-state index contributed by atoms with van der Waals surface area (Å²) in [6, 6.07) is 7.59. The molecule has 1 fully saturated rings. The average Bonchev–Trinajstić information content (AvgIpc) is 2.65. The third-order valence-corrected chi connectivity index (χ3v) is 4.83. The van der Waals surface area contributed by atoms with Crippen molar-refractivity contribution in [3.8, 4) is 0 Å². The summed E-state index contributed by atoms with van der Waals surface area (Å²) in [5, 5.41) is 3.86. The number of benzene rings is 1. The van der Waals surface area contributed by atoms with Crippen LogP contribution in [-0.4, -0.2) is 64.4 Å². The van der Waals surface area contributed by atoms with Crippen molar-refractivity contribution >= 4 is 29.2 Å². The largest absolute Gasteiger partial charge is 0.340 e. The van der Waals surface area contributed by atoms with Gasteiger partial charge in [0.25, 0.3) is 5.56 Å². The van der Waals surface area contributed by atoms with E-state index in [2.05, 4.69) is 34.0 Å². The van der Waals surface area contributed by atoms with Crippen LogP contribution in [0.15, 0.2) is 29.1 Å². The zero-order valence-corrected chi connectivity index (χ0v) is 16.7. The van der Waals surface area contributed by atoms with E-state index >= 15 is 0 Å². The van der Waals surface area contributed by atoms with Crippen LogP contribution in [0.5, 0.6) is 0 Å². The lowest BCUT2D eigenvalue weighted by Crippen LogP contribution is -2.47. The van der Waals surface area contributed by atoms with E-state index in [1.807, 2.05) is 23.1 Å². The molecule has 0 bridgehead atoms. The maximum Gasteiger partial charge on any atom is 0.258 e. The number of hydrogen-bond acceptors (Lipinski definition) is 5. The lowest BCUT2D eigenvalue weighted by atomic mass is 10.2. The van der Waals surface area contributed by atoms with Crippen LogP contribution < -0.4 is 10.9 Å². The van der Waals surface area contributed by atoms with Crippen molar-refractivity contribution < 1.29 is 4.79 Å². The second-order valence-electron chi connectivity index (χ2n) is 6.97. The molecule has 0 atom stereocenters. The molecule has 3 rings (SSSR count). The Balaban J connectivity index is 0.00000261. The highest BCUT2D eigenvalue weighted by Crippen LogP contribution is 2.10. The molecule has 0 spiro atoms. The molecule has 1 aliphatic heterocycles. The SMILES string of the molecule is CC(C)N(CCC(=O)N1CCNCC1)Cc1nc2ccccc2c(=O)[nH]1.Cl. The molecule has 2 N–H and O–H groups in total. The summed E-state index contributed by atoms with van der Waals surface area (Å²) in [6.45, 7) is 8.64. The Bertz CT molecular complexity index is 817. The summed E-state index contributed by atoms with van der Waals surface area (Å²) < 4.78 is 0. The Morgan fingerprint density at radius 3 is 2.67 bits per heavy atom. The molecule has 27 heavy (non-hydrogen) atoms. The number of aromatic nitrogens is 2. The van der Waals surface area contributed by atoms with Crippen molar-refractivity contribution in [1.29, 1.82) is 0 Å². The van der Waals surface area contributed by atoms with Crippen molar-refractivity contribution in [1.82, 2.24) is 25.1 Å². The van der Waals surface area contributed by atoms with E-state index in [-0.39, 0.29) is 29.9 Å². The minimum Gasteiger partial charge on any atom is -0.340 e. The van der Waals surface area contributed by atoms with Crippen LogP contribution >= 0.6 is 12.4 Å². The first-order chi connectivity index (χ1) is 12.5. The van der Waals surface area contributed by atoms with Gasteiger partial charge in [0.05, 0.1) is 17.4 Å². The van der Waals surface area contributed by atoms with Crippen LogP contribution in [0.25, 0.3) is 10.9 Å². The number of halogens is 1. The molecule has 8 heteroatoms. The lowest BCUT2D eigenvalue weighted by molar-refractivity contribution is -0.132. The molecule has 7 nitrogen and oxygen atoms in total. The minimum atomic E-state index is -0.119. The van der Waals surface area contributed by atoms with Gasteiger partial charge in [-0.25, -0.2) is 4.98 Å². The highest BCUT2D eigenvalue weighted by Gasteiger charge is 2.19. The van der Waals surface area contributed by atoms with E-state index in [1.165, 1.54) is 0 Å². The molecule has 1 amide bonds. The Morgan fingerprint density at radius 2 is 1.96 bits per heavy atom. The number of hydrogen-bond donors (Lipinski definition) is 2. The second-order valence-corrected chi connectivity index (χ2v) is 6.97. The zero-order chi connectivity index (χ0) is 18.5. The van der Waals surface area contributed by atoms with Crippen LogP contribution in [0.1, 0.15) is 26.1 Å². The summed E-state index contributed by atoms with van der Waals surface area (Å²) in [7, 11) is 0. The number of fused-ring (bicyclic) bond motifs is 1. The van der Waals surface area contributed by atoms with Crippen molar-refractivity contribution in [2.45, 2.75) is 32.9 Å². The van der Waals surface area contributed by atoms with E-state index in [0.717, 1.165) is 26.2 Å². The third kappa shape index (κ3) is 5.51. The first-order valence-corrected chi connectivity index (χ1v) is 9.25. The molecular formula is C19H28ClN5O2. The van der Waals surface area contributed by atoms with Crippen LogP contribution in [0.3, 0.4) is 0 Å². The van der Waals surface area contributed by atoms with Crippen molar-refractivity contribution in [2.24, 2.45) is 0 Å². The van der Waals surface area contributed by atoms with Gasteiger partial charge in [0.2, 0.25) is 5.91 Å². The summed E-state index contributed by atoms with van der Waals surface area (Å²) in [4.78, 5) is 36.2. The summed E-state index contributed by atoms with van der Waals surface area (Å²) in [5.74, 6) is 0.828. The normalized spacial score (nSPS) is 14.6. The first-order valence-electron chi connectivity index (χ1n) is 9.25. The van der Waals surface area contributed by atoms with Crippen molar-refractivity contribution in [3.63, 3.8) is 0 Å². The van der Waals surface area contributed by atoms with Gasteiger partial charge in [-0.1, -0.05) is 12.1 Å². The van der Waals surface area contributed by atoms with Gasteiger partial charge in [-0.2, -0.15) is 0 Å². The van der Waals surface area contributed by atoms with Gasteiger partial charge in [-0.15, -0.1) is 12.4 Å². The smallest absolute Gasteiger partial charge is 0.258 e.